The maximum Gasteiger partial charge on any atom is 0.228 e. The molecule has 5 heteroatoms. The molecule has 2 heterocycles. The smallest absolute Gasteiger partial charge is 0.228 e. The number of aromatic nitrogens is 1. The van der Waals surface area contributed by atoms with E-state index in [1.807, 2.05) is 43.3 Å². The first-order valence-electron chi connectivity index (χ1n) is 7.03. The van der Waals surface area contributed by atoms with Gasteiger partial charge in [-0.05, 0) is 31.2 Å². The van der Waals surface area contributed by atoms with Crippen LogP contribution in [0.15, 0.2) is 57.6 Å². The number of carbonyl (C=O) groups excluding carboxylic acids is 1. The molecule has 0 saturated heterocycles. The first-order valence-corrected chi connectivity index (χ1v) is 7.03. The summed E-state index contributed by atoms with van der Waals surface area (Å²) in [5.74, 6) is 1.70. The van der Waals surface area contributed by atoms with Crippen molar-refractivity contribution in [3.8, 4) is 11.5 Å². The molecule has 112 valence electrons. The second-order valence-corrected chi connectivity index (χ2v) is 4.93. The number of rotatable bonds is 5. The number of aryl methyl sites for hydroxylation is 1. The predicted molar refractivity (Wildman–Crippen MR) is 80.9 cm³/mol. The van der Waals surface area contributed by atoms with Crippen LogP contribution in [0.3, 0.4) is 0 Å². The van der Waals surface area contributed by atoms with Crippen LogP contribution in [0.4, 0.5) is 0 Å². The van der Waals surface area contributed by atoms with Gasteiger partial charge in [-0.25, -0.2) is 4.98 Å². The summed E-state index contributed by atoms with van der Waals surface area (Å²) in [5.41, 5.74) is 1.62. The SMILES string of the molecule is Cc1nc(-c2ccccc2)oc1CC(=O)NCc1ccco1. The van der Waals surface area contributed by atoms with E-state index in [1.165, 1.54) is 0 Å². The summed E-state index contributed by atoms with van der Waals surface area (Å²) in [5, 5.41) is 2.79. The van der Waals surface area contributed by atoms with Gasteiger partial charge in [0.05, 0.1) is 24.9 Å². The van der Waals surface area contributed by atoms with Crippen LogP contribution in [0, 0.1) is 6.92 Å². The zero-order chi connectivity index (χ0) is 15.4. The fourth-order valence-electron chi connectivity index (χ4n) is 2.10. The minimum atomic E-state index is -0.129. The lowest BCUT2D eigenvalue weighted by Gasteiger charge is -2.01. The average molecular weight is 296 g/mol. The molecule has 0 aliphatic carbocycles. The normalized spacial score (nSPS) is 10.6. The Bertz CT molecular complexity index is 746. The van der Waals surface area contributed by atoms with Crippen molar-refractivity contribution >= 4 is 5.91 Å². The van der Waals surface area contributed by atoms with Gasteiger partial charge in [0.15, 0.2) is 0 Å². The molecule has 1 N–H and O–H groups in total. The number of carbonyl (C=O) groups is 1. The Hall–Kier alpha value is -2.82. The Morgan fingerprint density at radius 1 is 1.18 bits per heavy atom. The number of hydrogen-bond acceptors (Lipinski definition) is 4. The van der Waals surface area contributed by atoms with Crippen molar-refractivity contribution in [2.24, 2.45) is 0 Å². The van der Waals surface area contributed by atoms with Crippen LogP contribution in [0.25, 0.3) is 11.5 Å². The summed E-state index contributed by atoms with van der Waals surface area (Å²) in [4.78, 5) is 16.3. The Kier molecular flexibility index (Phi) is 4.05. The molecule has 0 unspecified atom stereocenters. The molecule has 0 radical (unpaired) electrons. The summed E-state index contributed by atoms with van der Waals surface area (Å²) in [7, 11) is 0. The number of hydrogen-bond donors (Lipinski definition) is 1. The van der Waals surface area contributed by atoms with Gasteiger partial charge >= 0.3 is 0 Å². The van der Waals surface area contributed by atoms with Crippen LogP contribution in [0.5, 0.6) is 0 Å². The Morgan fingerprint density at radius 3 is 2.73 bits per heavy atom. The quantitative estimate of drug-likeness (QED) is 0.785. The van der Waals surface area contributed by atoms with Gasteiger partial charge in [0.2, 0.25) is 11.8 Å². The molecule has 0 aliphatic rings. The topological polar surface area (TPSA) is 68.3 Å². The minimum absolute atomic E-state index is 0.129. The number of oxazole rings is 1. The highest BCUT2D eigenvalue weighted by atomic mass is 16.4. The van der Waals surface area contributed by atoms with Crippen LogP contribution in [-0.2, 0) is 17.8 Å². The van der Waals surface area contributed by atoms with Crippen LogP contribution in [0.2, 0.25) is 0 Å². The summed E-state index contributed by atoms with van der Waals surface area (Å²) < 4.78 is 10.9. The highest BCUT2D eigenvalue weighted by molar-refractivity contribution is 5.78. The first-order chi connectivity index (χ1) is 10.7. The standard InChI is InChI=1S/C17H16N2O3/c1-12-15(10-16(20)18-11-14-8-5-9-21-14)22-17(19-12)13-6-3-2-4-7-13/h2-9H,10-11H2,1H3,(H,18,20). The van der Waals surface area contributed by atoms with E-state index in [0.717, 1.165) is 11.3 Å². The second kappa shape index (κ2) is 6.30. The van der Waals surface area contributed by atoms with E-state index in [0.29, 0.717) is 24.0 Å². The van der Waals surface area contributed by atoms with Gasteiger partial charge in [-0.2, -0.15) is 0 Å². The van der Waals surface area contributed by atoms with E-state index in [2.05, 4.69) is 10.3 Å². The van der Waals surface area contributed by atoms with E-state index >= 15 is 0 Å². The van der Waals surface area contributed by atoms with Gasteiger partial charge in [0, 0.05) is 5.56 Å². The molecule has 0 spiro atoms. The lowest BCUT2D eigenvalue weighted by atomic mass is 10.2. The molecule has 22 heavy (non-hydrogen) atoms. The van der Waals surface area contributed by atoms with E-state index in [-0.39, 0.29) is 12.3 Å². The summed E-state index contributed by atoms with van der Waals surface area (Å²) in [6, 6.07) is 13.2. The molecule has 3 rings (SSSR count). The summed E-state index contributed by atoms with van der Waals surface area (Å²) >= 11 is 0. The number of nitrogens with zero attached hydrogens (tertiary/aromatic N) is 1. The Balaban J connectivity index is 1.65. The van der Waals surface area contributed by atoms with Crippen LogP contribution < -0.4 is 5.32 Å². The molecule has 0 fully saturated rings. The number of amides is 1. The van der Waals surface area contributed by atoms with Crippen molar-refractivity contribution < 1.29 is 13.6 Å². The highest BCUT2D eigenvalue weighted by Crippen LogP contribution is 2.21. The van der Waals surface area contributed by atoms with Crippen molar-refractivity contribution in [3.05, 3.63) is 65.9 Å². The molecule has 1 amide bonds. The third kappa shape index (κ3) is 3.25. The van der Waals surface area contributed by atoms with Gasteiger partial charge < -0.3 is 14.2 Å². The Morgan fingerprint density at radius 2 is 2.00 bits per heavy atom. The summed E-state index contributed by atoms with van der Waals surface area (Å²) in [6.07, 6.45) is 1.74. The van der Waals surface area contributed by atoms with Gasteiger partial charge in [0.25, 0.3) is 0 Å². The van der Waals surface area contributed by atoms with Crippen molar-refractivity contribution in [3.63, 3.8) is 0 Å². The van der Waals surface area contributed by atoms with Crippen LogP contribution in [-0.4, -0.2) is 10.9 Å². The maximum atomic E-state index is 12.0. The molecule has 0 atom stereocenters. The number of benzene rings is 1. The largest absolute Gasteiger partial charge is 0.467 e. The summed E-state index contributed by atoms with van der Waals surface area (Å²) in [6.45, 7) is 2.20. The number of furan rings is 1. The monoisotopic (exact) mass is 296 g/mol. The van der Waals surface area contributed by atoms with Crippen molar-refractivity contribution in [2.45, 2.75) is 19.9 Å². The average Bonchev–Trinajstić information content (AvgIpc) is 3.17. The van der Waals surface area contributed by atoms with Crippen LogP contribution in [0.1, 0.15) is 17.2 Å². The molecule has 5 nitrogen and oxygen atoms in total. The fraction of sp³-hybridized carbons (Fsp3) is 0.176. The maximum absolute atomic E-state index is 12.0. The van der Waals surface area contributed by atoms with Crippen molar-refractivity contribution in [2.75, 3.05) is 0 Å². The van der Waals surface area contributed by atoms with Gasteiger partial charge in [-0.15, -0.1) is 0 Å². The van der Waals surface area contributed by atoms with E-state index in [4.69, 9.17) is 8.83 Å². The number of nitrogens with one attached hydrogen (secondary N) is 1. The van der Waals surface area contributed by atoms with E-state index in [1.54, 1.807) is 12.3 Å². The first kappa shape index (κ1) is 14.1. The van der Waals surface area contributed by atoms with E-state index < -0.39 is 0 Å². The molecular formula is C17H16N2O3. The second-order valence-electron chi connectivity index (χ2n) is 4.93. The Labute approximate surface area is 128 Å². The fourth-order valence-corrected chi connectivity index (χ4v) is 2.10. The molecule has 3 aromatic rings. The van der Waals surface area contributed by atoms with E-state index in [9.17, 15) is 4.79 Å². The molecular weight excluding hydrogens is 280 g/mol. The third-order valence-corrected chi connectivity index (χ3v) is 3.27. The molecule has 0 bridgehead atoms. The zero-order valence-corrected chi connectivity index (χ0v) is 12.2. The van der Waals surface area contributed by atoms with Gasteiger partial charge in [0.1, 0.15) is 11.5 Å². The third-order valence-electron chi connectivity index (χ3n) is 3.27. The minimum Gasteiger partial charge on any atom is -0.467 e. The van der Waals surface area contributed by atoms with Gasteiger partial charge in [-0.1, -0.05) is 18.2 Å². The lowest BCUT2D eigenvalue weighted by Crippen LogP contribution is -2.24. The van der Waals surface area contributed by atoms with Crippen LogP contribution >= 0.6 is 0 Å². The molecule has 0 saturated carbocycles. The zero-order valence-electron chi connectivity index (χ0n) is 12.2. The molecule has 2 aromatic heterocycles. The molecule has 0 aliphatic heterocycles. The highest BCUT2D eigenvalue weighted by Gasteiger charge is 2.14. The predicted octanol–water partition coefficient (Wildman–Crippen LogP) is 3.10. The van der Waals surface area contributed by atoms with Crippen molar-refractivity contribution in [1.29, 1.82) is 0 Å². The lowest BCUT2D eigenvalue weighted by molar-refractivity contribution is -0.120. The molecule has 1 aromatic carbocycles. The van der Waals surface area contributed by atoms with Crippen molar-refractivity contribution in [1.82, 2.24) is 10.3 Å². The van der Waals surface area contributed by atoms with Gasteiger partial charge in [-0.3, -0.25) is 4.79 Å².